The molecular weight excluding hydrogens is 267 g/mol. The zero-order valence-electron chi connectivity index (χ0n) is 11.2. The molecule has 0 fully saturated rings. The number of hydrogen-bond donors (Lipinski definition) is 1. The summed E-state index contributed by atoms with van der Waals surface area (Å²) in [5.74, 6) is -0.311. The number of hydrogen-bond acceptors (Lipinski definition) is 4. The quantitative estimate of drug-likeness (QED) is 0.741. The molecule has 0 aromatic heterocycles. The molecule has 1 atom stereocenters. The number of Topliss-reactive ketones (excluding diaryl/α,β-unsaturated/α-hetero) is 1. The molecule has 0 radical (unpaired) electrons. The summed E-state index contributed by atoms with van der Waals surface area (Å²) in [5, 5.41) is 0. The molecule has 1 N–H and O–H groups in total. The van der Waals surface area contributed by atoms with E-state index in [0.29, 0.717) is 6.61 Å². The molecule has 0 bridgehead atoms. The zero-order chi connectivity index (χ0) is 14.3. The van der Waals surface area contributed by atoms with Crippen molar-refractivity contribution in [1.29, 1.82) is 0 Å². The fourth-order valence-electron chi connectivity index (χ4n) is 1.75. The van der Waals surface area contributed by atoms with E-state index in [2.05, 4.69) is 4.52 Å². The number of ether oxygens (including phenoxy) is 1. The summed E-state index contributed by atoms with van der Waals surface area (Å²) in [4.78, 5) is 21.1. The van der Waals surface area contributed by atoms with Crippen molar-refractivity contribution in [1.82, 2.24) is 0 Å². The molecule has 0 saturated heterocycles. The van der Waals surface area contributed by atoms with Gasteiger partial charge >= 0.3 is 7.60 Å². The van der Waals surface area contributed by atoms with Crippen LogP contribution in [0.25, 0.3) is 0 Å². The number of carbonyl (C=O) groups is 1. The lowest BCUT2D eigenvalue weighted by Gasteiger charge is -2.10. The molecular formula is C13H19O5P. The average molecular weight is 286 g/mol. The molecule has 6 heteroatoms. The lowest BCUT2D eigenvalue weighted by Crippen LogP contribution is -2.10. The van der Waals surface area contributed by atoms with Crippen LogP contribution in [-0.2, 0) is 31.6 Å². The van der Waals surface area contributed by atoms with E-state index in [-0.39, 0.29) is 18.8 Å². The van der Waals surface area contributed by atoms with E-state index >= 15 is 0 Å². The van der Waals surface area contributed by atoms with Crippen molar-refractivity contribution in [3.8, 4) is 0 Å². The van der Waals surface area contributed by atoms with Gasteiger partial charge in [0.15, 0.2) is 0 Å². The van der Waals surface area contributed by atoms with Crippen LogP contribution in [0.1, 0.15) is 18.1 Å². The molecule has 1 aromatic carbocycles. The minimum absolute atomic E-state index is 0.115. The Morgan fingerprint density at radius 1 is 1.37 bits per heavy atom. The van der Waals surface area contributed by atoms with Crippen LogP contribution in [0.3, 0.4) is 0 Å². The highest BCUT2D eigenvalue weighted by Gasteiger charge is 2.23. The Bertz CT molecular complexity index is 472. The van der Waals surface area contributed by atoms with Crippen LogP contribution in [0.5, 0.6) is 0 Å². The molecule has 5 nitrogen and oxygen atoms in total. The van der Waals surface area contributed by atoms with E-state index in [9.17, 15) is 14.3 Å². The smallest absolute Gasteiger partial charge is 0.335 e. The van der Waals surface area contributed by atoms with Gasteiger partial charge in [0.2, 0.25) is 0 Å². The molecule has 106 valence electrons. The van der Waals surface area contributed by atoms with Crippen LogP contribution in [0.4, 0.5) is 0 Å². The second-order valence-electron chi connectivity index (χ2n) is 4.18. The van der Waals surface area contributed by atoms with Crippen LogP contribution in [-0.4, -0.2) is 30.6 Å². The van der Waals surface area contributed by atoms with Gasteiger partial charge in [-0.2, -0.15) is 0 Å². The number of rotatable bonds is 8. The lowest BCUT2D eigenvalue weighted by atomic mass is 10.1. The summed E-state index contributed by atoms with van der Waals surface area (Å²) in [5.41, 5.74) is 1.76. The first-order valence-electron chi connectivity index (χ1n) is 6.01. The first-order valence-corrected chi connectivity index (χ1v) is 7.78. The van der Waals surface area contributed by atoms with Gasteiger partial charge in [0, 0.05) is 13.5 Å². The maximum atomic E-state index is 11.7. The first kappa shape index (κ1) is 16.1. The van der Waals surface area contributed by atoms with Gasteiger partial charge < -0.3 is 14.2 Å². The maximum absolute atomic E-state index is 11.7. The summed E-state index contributed by atoms with van der Waals surface area (Å²) >= 11 is 0. The second-order valence-corrected chi connectivity index (χ2v) is 6.03. The minimum Gasteiger partial charge on any atom is -0.380 e. The molecule has 1 aromatic rings. The highest BCUT2D eigenvalue weighted by molar-refractivity contribution is 7.53. The molecule has 0 spiro atoms. The van der Waals surface area contributed by atoms with Gasteiger partial charge in [-0.15, -0.1) is 0 Å². The normalized spacial score (nSPS) is 14.1. The highest BCUT2D eigenvalue weighted by atomic mass is 31.2. The van der Waals surface area contributed by atoms with Crippen molar-refractivity contribution in [3.05, 3.63) is 35.4 Å². The molecule has 0 aliphatic carbocycles. The maximum Gasteiger partial charge on any atom is 0.335 e. The Balaban J connectivity index is 2.61. The third-order valence-electron chi connectivity index (χ3n) is 2.41. The van der Waals surface area contributed by atoms with Crippen molar-refractivity contribution < 1.29 is 23.5 Å². The molecule has 0 amide bonds. The predicted octanol–water partition coefficient (Wildman–Crippen LogP) is 2.17. The molecule has 0 aliphatic heterocycles. The Labute approximate surface area is 113 Å². The summed E-state index contributed by atoms with van der Waals surface area (Å²) < 4.78 is 21.2. The zero-order valence-corrected chi connectivity index (χ0v) is 12.1. The monoisotopic (exact) mass is 286 g/mol. The third kappa shape index (κ3) is 6.12. The van der Waals surface area contributed by atoms with Crippen LogP contribution in [0.2, 0.25) is 0 Å². The van der Waals surface area contributed by atoms with Gasteiger partial charge in [-0.1, -0.05) is 24.3 Å². The van der Waals surface area contributed by atoms with E-state index < -0.39 is 13.8 Å². The molecule has 1 rings (SSSR count). The Morgan fingerprint density at radius 3 is 2.68 bits per heavy atom. The number of methoxy groups -OCH3 is 1. The van der Waals surface area contributed by atoms with Crippen molar-refractivity contribution in [2.45, 2.75) is 20.0 Å². The van der Waals surface area contributed by atoms with Crippen LogP contribution in [0, 0.1) is 0 Å². The van der Waals surface area contributed by atoms with Crippen LogP contribution in [0.15, 0.2) is 24.3 Å². The third-order valence-corrected chi connectivity index (χ3v) is 3.82. The Morgan fingerprint density at radius 2 is 2.05 bits per heavy atom. The fourth-order valence-corrected chi connectivity index (χ4v) is 2.80. The highest BCUT2D eigenvalue weighted by Crippen LogP contribution is 2.41. The number of carbonyl (C=O) groups excluding carboxylic acids is 1. The second kappa shape index (κ2) is 7.56. The standard InChI is InChI=1S/C13H19O5P/c1-3-18-19(15,16)10-13(14)8-11-5-4-6-12(7-11)9-17-2/h4-7H,3,8-10H2,1-2H3,(H,15,16). The van der Waals surface area contributed by atoms with Crippen molar-refractivity contribution in [3.63, 3.8) is 0 Å². The molecule has 19 heavy (non-hydrogen) atoms. The molecule has 0 aliphatic rings. The Hall–Kier alpha value is -1.00. The van der Waals surface area contributed by atoms with Crippen molar-refractivity contribution >= 4 is 13.4 Å². The van der Waals surface area contributed by atoms with E-state index in [1.807, 2.05) is 18.2 Å². The minimum atomic E-state index is -3.78. The van der Waals surface area contributed by atoms with E-state index in [0.717, 1.165) is 11.1 Å². The SMILES string of the molecule is CCOP(=O)(O)CC(=O)Cc1cccc(COC)c1. The van der Waals surface area contributed by atoms with Crippen LogP contribution >= 0.6 is 7.60 Å². The summed E-state index contributed by atoms with van der Waals surface area (Å²) in [6.07, 6.45) is -0.329. The molecule has 1 unspecified atom stereocenters. The van der Waals surface area contributed by atoms with E-state index in [4.69, 9.17) is 4.74 Å². The van der Waals surface area contributed by atoms with Crippen molar-refractivity contribution in [2.75, 3.05) is 19.9 Å². The van der Waals surface area contributed by atoms with Crippen molar-refractivity contribution in [2.24, 2.45) is 0 Å². The van der Waals surface area contributed by atoms with E-state index in [1.54, 1.807) is 20.1 Å². The summed E-state index contributed by atoms with van der Waals surface area (Å²) in [6, 6.07) is 7.39. The fraction of sp³-hybridized carbons (Fsp3) is 0.462. The predicted molar refractivity (Wildman–Crippen MR) is 72.2 cm³/mol. The van der Waals surface area contributed by atoms with E-state index in [1.165, 1.54) is 0 Å². The van der Waals surface area contributed by atoms with Gasteiger partial charge in [-0.25, -0.2) is 0 Å². The van der Waals surface area contributed by atoms with Gasteiger partial charge in [0.25, 0.3) is 0 Å². The average Bonchev–Trinajstić information content (AvgIpc) is 2.28. The summed E-state index contributed by atoms with van der Waals surface area (Å²) in [7, 11) is -2.19. The van der Waals surface area contributed by atoms with Gasteiger partial charge in [-0.05, 0) is 18.1 Å². The van der Waals surface area contributed by atoms with Gasteiger partial charge in [0.05, 0.1) is 13.2 Å². The molecule has 0 heterocycles. The topological polar surface area (TPSA) is 72.8 Å². The van der Waals surface area contributed by atoms with Gasteiger partial charge in [0.1, 0.15) is 11.9 Å². The van der Waals surface area contributed by atoms with Gasteiger partial charge in [-0.3, -0.25) is 9.36 Å². The van der Waals surface area contributed by atoms with Crippen LogP contribution < -0.4 is 0 Å². The largest absolute Gasteiger partial charge is 0.380 e. The Kier molecular flexibility index (Phi) is 6.38. The molecule has 0 saturated carbocycles. The first-order chi connectivity index (χ1) is 8.96. The lowest BCUT2D eigenvalue weighted by molar-refractivity contribution is -0.116. The summed E-state index contributed by atoms with van der Waals surface area (Å²) in [6.45, 7) is 2.20. The number of ketones is 1. The number of benzene rings is 1.